The van der Waals surface area contributed by atoms with E-state index in [1.807, 2.05) is 0 Å². The average molecular weight is 281 g/mol. The summed E-state index contributed by atoms with van der Waals surface area (Å²) in [6.07, 6.45) is 1.39. The maximum atomic E-state index is 10.9. The number of halogens is 1. The number of hydrogen-bond donors (Lipinski definition) is 0. The largest absolute Gasteiger partial charge is 0.497 e. The zero-order valence-corrected chi connectivity index (χ0v) is 10.6. The minimum atomic E-state index is -0.537. The van der Waals surface area contributed by atoms with Crippen molar-refractivity contribution >= 4 is 17.3 Å². The number of ether oxygens (including phenoxy) is 2. The Morgan fingerprint density at radius 1 is 1.32 bits per heavy atom. The van der Waals surface area contributed by atoms with Gasteiger partial charge in [0, 0.05) is 24.4 Å². The van der Waals surface area contributed by atoms with Crippen LogP contribution in [0.1, 0.15) is 0 Å². The van der Waals surface area contributed by atoms with Crippen LogP contribution in [0.15, 0.2) is 36.5 Å². The first-order valence-corrected chi connectivity index (χ1v) is 5.60. The fourth-order valence-corrected chi connectivity index (χ4v) is 1.50. The van der Waals surface area contributed by atoms with Crippen LogP contribution in [-0.4, -0.2) is 17.0 Å². The number of hydrogen-bond acceptors (Lipinski definition) is 5. The van der Waals surface area contributed by atoms with Gasteiger partial charge in [-0.05, 0) is 12.1 Å². The molecule has 2 aromatic rings. The van der Waals surface area contributed by atoms with Crippen LogP contribution in [0, 0.1) is 10.1 Å². The Bertz CT molecular complexity index is 601. The summed E-state index contributed by atoms with van der Waals surface area (Å²) in [6, 6.07) is 7.32. The van der Waals surface area contributed by atoms with E-state index in [0.29, 0.717) is 10.8 Å². The van der Waals surface area contributed by atoms with E-state index >= 15 is 0 Å². The van der Waals surface area contributed by atoms with E-state index in [4.69, 9.17) is 21.1 Å². The number of pyridine rings is 1. The number of aromatic nitrogens is 1. The molecule has 0 unspecified atom stereocenters. The first-order chi connectivity index (χ1) is 9.10. The number of nitro groups is 1. The van der Waals surface area contributed by atoms with Gasteiger partial charge in [0.05, 0.1) is 17.1 Å². The van der Waals surface area contributed by atoms with Crippen molar-refractivity contribution in [3.05, 3.63) is 51.7 Å². The molecule has 0 amide bonds. The highest BCUT2D eigenvalue weighted by molar-refractivity contribution is 6.30. The molecule has 1 aromatic heterocycles. The minimum absolute atomic E-state index is 0.0548. The zero-order valence-electron chi connectivity index (χ0n) is 9.87. The zero-order chi connectivity index (χ0) is 13.8. The summed E-state index contributed by atoms with van der Waals surface area (Å²) in [5.74, 6) is 0.717. The van der Waals surface area contributed by atoms with Crippen molar-refractivity contribution in [2.24, 2.45) is 0 Å². The Morgan fingerprint density at radius 3 is 2.68 bits per heavy atom. The maximum Gasteiger partial charge on any atom is 0.311 e. The van der Waals surface area contributed by atoms with Crippen molar-refractivity contribution in [2.75, 3.05) is 7.11 Å². The quantitative estimate of drug-likeness (QED) is 0.633. The normalized spacial score (nSPS) is 10.0. The molecule has 0 saturated carbocycles. The maximum absolute atomic E-state index is 10.9. The topological polar surface area (TPSA) is 74.5 Å². The molecule has 0 N–H and O–H groups in total. The lowest BCUT2D eigenvalue weighted by Crippen LogP contribution is -1.95. The fraction of sp³-hybridized carbons (Fsp3) is 0.0833. The summed E-state index contributed by atoms with van der Waals surface area (Å²) in [7, 11) is 1.46. The summed E-state index contributed by atoms with van der Waals surface area (Å²) in [4.78, 5) is 14.3. The predicted molar refractivity (Wildman–Crippen MR) is 69.0 cm³/mol. The molecule has 2 rings (SSSR count). The molecule has 7 heteroatoms. The van der Waals surface area contributed by atoms with Gasteiger partial charge in [-0.2, -0.15) is 0 Å². The van der Waals surface area contributed by atoms with E-state index in [2.05, 4.69) is 4.98 Å². The third-order valence-electron chi connectivity index (χ3n) is 2.28. The van der Waals surface area contributed by atoms with Crippen molar-refractivity contribution in [3.8, 4) is 17.4 Å². The molecule has 98 valence electrons. The third kappa shape index (κ3) is 3.11. The van der Waals surface area contributed by atoms with E-state index in [1.165, 1.54) is 37.6 Å². The number of nitro benzene ring substituents is 1. The molecule has 0 radical (unpaired) electrons. The number of methoxy groups -OCH3 is 1. The van der Waals surface area contributed by atoms with E-state index in [9.17, 15) is 10.1 Å². The van der Waals surface area contributed by atoms with Gasteiger partial charge in [-0.25, -0.2) is 4.98 Å². The Balaban J connectivity index is 2.36. The highest BCUT2D eigenvalue weighted by atomic mass is 35.5. The molecule has 0 spiro atoms. The smallest absolute Gasteiger partial charge is 0.311 e. The average Bonchev–Trinajstić information content (AvgIpc) is 2.41. The second kappa shape index (κ2) is 5.53. The van der Waals surface area contributed by atoms with Crippen LogP contribution in [-0.2, 0) is 0 Å². The van der Waals surface area contributed by atoms with Gasteiger partial charge in [0.15, 0.2) is 0 Å². The Labute approximate surface area is 113 Å². The lowest BCUT2D eigenvalue weighted by molar-refractivity contribution is -0.385. The van der Waals surface area contributed by atoms with Crippen LogP contribution < -0.4 is 9.47 Å². The second-order valence-electron chi connectivity index (χ2n) is 3.51. The van der Waals surface area contributed by atoms with Gasteiger partial charge in [-0.15, -0.1) is 0 Å². The molecular formula is C12H9ClN2O4. The highest BCUT2D eigenvalue weighted by Crippen LogP contribution is 2.34. The van der Waals surface area contributed by atoms with Gasteiger partial charge in [-0.1, -0.05) is 11.6 Å². The SMILES string of the molecule is COc1ccc([N+](=O)[O-])c(Oc2ccc(Cl)cn2)c1. The number of nitrogens with zero attached hydrogens (tertiary/aromatic N) is 2. The van der Waals surface area contributed by atoms with Crippen molar-refractivity contribution in [1.82, 2.24) is 4.98 Å². The molecule has 1 aromatic carbocycles. The summed E-state index contributed by atoms with van der Waals surface area (Å²) >= 11 is 5.70. The highest BCUT2D eigenvalue weighted by Gasteiger charge is 2.17. The minimum Gasteiger partial charge on any atom is -0.497 e. The summed E-state index contributed by atoms with van der Waals surface area (Å²) in [5.41, 5.74) is -0.169. The van der Waals surface area contributed by atoms with Gasteiger partial charge in [-0.3, -0.25) is 10.1 Å². The van der Waals surface area contributed by atoms with Crippen LogP contribution in [0.2, 0.25) is 5.02 Å². The van der Waals surface area contributed by atoms with Crippen LogP contribution in [0.5, 0.6) is 17.4 Å². The van der Waals surface area contributed by atoms with E-state index < -0.39 is 4.92 Å². The standard InChI is InChI=1S/C12H9ClN2O4/c1-18-9-3-4-10(15(16)17)11(6-9)19-12-5-2-8(13)7-14-12/h2-7H,1H3. The van der Waals surface area contributed by atoms with Gasteiger partial charge in [0.1, 0.15) is 5.75 Å². The lowest BCUT2D eigenvalue weighted by Gasteiger charge is -2.07. The van der Waals surface area contributed by atoms with E-state index in [-0.39, 0.29) is 17.3 Å². The molecular weight excluding hydrogens is 272 g/mol. The Kier molecular flexibility index (Phi) is 3.82. The molecule has 19 heavy (non-hydrogen) atoms. The van der Waals surface area contributed by atoms with Crippen LogP contribution >= 0.6 is 11.6 Å². The summed E-state index contributed by atoms with van der Waals surface area (Å²) in [6.45, 7) is 0. The van der Waals surface area contributed by atoms with Gasteiger partial charge in [0.25, 0.3) is 0 Å². The van der Waals surface area contributed by atoms with E-state index in [0.717, 1.165) is 0 Å². The lowest BCUT2D eigenvalue weighted by atomic mass is 10.3. The molecule has 0 aliphatic heterocycles. The predicted octanol–water partition coefficient (Wildman–Crippen LogP) is 3.44. The molecule has 0 aliphatic rings. The van der Waals surface area contributed by atoms with Crippen LogP contribution in [0.25, 0.3) is 0 Å². The first-order valence-electron chi connectivity index (χ1n) is 5.22. The number of rotatable bonds is 4. The third-order valence-corrected chi connectivity index (χ3v) is 2.50. The second-order valence-corrected chi connectivity index (χ2v) is 3.94. The summed E-state index contributed by atoms with van der Waals surface area (Å²) < 4.78 is 10.4. The fourth-order valence-electron chi connectivity index (χ4n) is 1.39. The molecule has 1 heterocycles. The van der Waals surface area contributed by atoms with Crippen LogP contribution in [0.3, 0.4) is 0 Å². The molecule has 0 atom stereocenters. The van der Waals surface area contributed by atoms with Gasteiger partial charge >= 0.3 is 5.69 Å². The number of benzene rings is 1. The molecule has 0 bridgehead atoms. The molecule has 0 aliphatic carbocycles. The van der Waals surface area contributed by atoms with E-state index in [1.54, 1.807) is 6.07 Å². The summed E-state index contributed by atoms with van der Waals surface area (Å²) in [5, 5.41) is 11.4. The first kappa shape index (κ1) is 13.1. The van der Waals surface area contributed by atoms with Crippen molar-refractivity contribution in [3.63, 3.8) is 0 Å². The molecule has 0 saturated heterocycles. The van der Waals surface area contributed by atoms with Crippen molar-refractivity contribution < 1.29 is 14.4 Å². The Hall–Kier alpha value is -2.34. The molecule has 6 nitrogen and oxygen atoms in total. The van der Waals surface area contributed by atoms with Gasteiger partial charge in [0.2, 0.25) is 11.6 Å². The van der Waals surface area contributed by atoms with Gasteiger partial charge < -0.3 is 9.47 Å². The monoisotopic (exact) mass is 280 g/mol. The molecule has 0 fully saturated rings. The van der Waals surface area contributed by atoms with Crippen molar-refractivity contribution in [1.29, 1.82) is 0 Å². The van der Waals surface area contributed by atoms with Crippen molar-refractivity contribution in [2.45, 2.75) is 0 Å². The Morgan fingerprint density at radius 2 is 2.11 bits per heavy atom. The van der Waals surface area contributed by atoms with Crippen LogP contribution in [0.4, 0.5) is 5.69 Å².